The summed E-state index contributed by atoms with van der Waals surface area (Å²) in [7, 11) is -1.36. The summed E-state index contributed by atoms with van der Waals surface area (Å²) in [4.78, 5) is 8.32. The van der Waals surface area contributed by atoms with E-state index in [-0.39, 0.29) is 0 Å². The van der Waals surface area contributed by atoms with Crippen molar-refractivity contribution >= 4 is 21.7 Å². The molecule has 0 unspecified atom stereocenters. The van der Waals surface area contributed by atoms with E-state index < -0.39 is 10.0 Å². The lowest BCUT2D eigenvalue weighted by atomic mass is 10.4. The molecule has 1 rings (SSSR count). The van der Waals surface area contributed by atoms with Crippen molar-refractivity contribution in [1.29, 1.82) is 0 Å². The molecule has 0 aliphatic rings. The summed E-state index contributed by atoms with van der Waals surface area (Å²) >= 11 is 0. The van der Waals surface area contributed by atoms with E-state index in [1.165, 1.54) is 0 Å². The largest absolute Gasteiger partial charge is 0.373 e. The Labute approximate surface area is 101 Å². The summed E-state index contributed by atoms with van der Waals surface area (Å²) in [5.74, 6) is 2.03. The highest BCUT2D eigenvalue weighted by Gasteiger charge is 2.01. The van der Waals surface area contributed by atoms with Crippen LogP contribution < -0.4 is 15.4 Å². The maximum absolute atomic E-state index is 10.8. The van der Waals surface area contributed by atoms with Crippen LogP contribution in [0.5, 0.6) is 0 Å². The zero-order valence-electron chi connectivity index (χ0n) is 10.1. The molecular formula is C9H17N5O2S. The molecule has 96 valence electrons. The van der Waals surface area contributed by atoms with E-state index in [9.17, 15) is 8.42 Å². The number of anilines is 2. The Morgan fingerprint density at radius 1 is 1.24 bits per heavy atom. The Hall–Kier alpha value is -1.41. The smallest absolute Gasteiger partial charge is 0.208 e. The quantitative estimate of drug-likeness (QED) is 0.612. The van der Waals surface area contributed by atoms with Crippen molar-refractivity contribution in [2.24, 2.45) is 0 Å². The topological polar surface area (TPSA) is 96.0 Å². The third-order valence-corrected chi connectivity index (χ3v) is 2.62. The maximum atomic E-state index is 10.8. The van der Waals surface area contributed by atoms with E-state index in [1.54, 1.807) is 20.0 Å². The molecular weight excluding hydrogens is 242 g/mol. The van der Waals surface area contributed by atoms with Crippen LogP contribution >= 0.6 is 0 Å². The molecule has 0 radical (unpaired) electrons. The predicted molar refractivity (Wildman–Crippen MR) is 67.7 cm³/mol. The molecule has 0 bridgehead atoms. The third-order valence-electron chi connectivity index (χ3n) is 1.89. The summed E-state index contributed by atoms with van der Waals surface area (Å²) in [6.45, 7) is 2.57. The van der Waals surface area contributed by atoms with Crippen LogP contribution in [0.2, 0.25) is 0 Å². The van der Waals surface area contributed by atoms with Crippen LogP contribution in [0, 0.1) is 6.92 Å². The van der Waals surface area contributed by atoms with Crippen molar-refractivity contribution in [3.63, 3.8) is 0 Å². The molecule has 7 nitrogen and oxygen atoms in total. The monoisotopic (exact) mass is 259 g/mol. The van der Waals surface area contributed by atoms with Crippen LogP contribution in [0.25, 0.3) is 0 Å². The molecule has 0 saturated heterocycles. The van der Waals surface area contributed by atoms with Gasteiger partial charge in [0, 0.05) is 26.2 Å². The van der Waals surface area contributed by atoms with Crippen LogP contribution in [0.1, 0.15) is 5.82 Å². The first-order chi connectivity index (χ1) is 7.90. The summed E-state index contributed by atoms with van der Waals surface area (Å²) in [5.41, 5.74) is 0. The molecule has 0 amide bonds. The third kappa shape index (κ3) is 5.45. The lowest BCUT2D eigenvalue weighted by molar-refractivity contribution is 0.589. The van der Waals surface area contributed by atoms with Gasteiger partial charge >= 0.3 is 0 Å². The standard InChI is InChI=1S/C9H17N5O2S/c1-7-13-8(10-2)6-9(14-7)11-4-5-12-17(3,15)16/h6,12H,4-5H2,1-3H3,(H2,10,11,13,14). The Morgan fingerprint density at radius 2 is 1.88 bits per heavy atom. The Kier molecular flexibility index (Phi) is 4.64. The molecule has 0 saturated carbocycles. The van der Waals surface area contributed by atoms with Crippen LogP contribution in [-0.2, 0) is 10.0 Å². The second-order valence-electron chi connectivity index (χ2n) is 3.53. The second-order valence-corrected chi connectivity index (χ2v) is 5.36. The first-order valence-corrected chi connectivity index (χ1v) is 7.02. The molecule has 0 aromatic carbocycles. The molecule has 0 aliphatic carbocycles. The average Bonchev–Trinajstić information content (AvgIpc) is 2.22. The van der Waals surface area contributed by atoms with Gasteiger partial charge in [0.25, 0.3) is 0 Å². The Bertz CT molecular complexity index is 474. The van der Waals surface area contributed by atoms with Crippen molar-refractivity contribution in [2.45, 2.75) is 6.92 Å². The number of sulfonamides is 1. The SMILES string of the molecule is CNc1cc(NCCNS(C)(=O)=O)nc(C)n1. The number of rotatable bonds is 6. The summed E-state index contributed by atoms with van der Waals surface area (Å²) in [5, 5.41) is 5.93. The first kappa shape index (κ1) is 13.7. The van der Waals surface area contributed by atoms with E-state index in [0.29, 0.717) is 24.7 Å². The predicted octanol–water partition coefficient (Wildman–Crippen LogP) is -0.212. The minimum Gasteiger partial charge on any atom is -0.373 e. The average molecular weight is 259 g/mol. The van der Waals surface area contributed by atoms with E-state index >= 15 is 0 Å². The summed E-state index contributed by atoms with van der Waals surface area (Å²) < 4.78 is 24.0. The van der Waals surface area contributed by atoms with Gasteiger partial charge in [0.05, 0.1) is 6.26 Å². The molecule has 8 heteroatoms. The van der Waals surface area contributed by atoms with Crippen molar-refractivity contribution in [2.75, 3.05) is 37.0 Å². The van der Waals surface area contributed by atoms with Gasteiger partial charge < -0.3 is 10.6 Å². The van der Waals surface area contributed by atoms with Crippen LogP contribution in [0.15, 0.2) is 6.07 Å². The van der Waals surface area contributed by atoms with E-state index in [1.807, 2.05) is 0 Å². The van der Waals surface area contributed by atoms with Crippen molar-refractivity contribution < 1.29 is 8.42 Å². The van der Waals surface area contributed by atoms with Gasteiger partial charge in [0.15, 0.2) is 0 Å². The van der Waals surface area contributed by atoms with Gasteiger partial charge in [0.1, 0.15) is 17.5 Å². The number of aromatic nitrogens is 2. The number of aryl methyl sites for hydroxylation is 1. The highest BCUT2D eigenvalue weighted by molar-refractivity contribution is 7.88. The highest BCUT2D eigenvalue weighted by Crippen LogP contribution is 2.09. The van der Waals surface area contributed by atoms with Gasteiger partial charge in [-0.2, -0.15) is 0 Å². The lowest BCUT2D eigenvalue weighted by Gasteiger charge is -2.08. The Balaban J connectivity index is 2.49. The van der Waals surface area contributed by atoms with Crippen molar-refractivity contribution in [3.8, 4) is 0 Å². The number of nitrogens with zero attached hydrogens (tertiary/aromatic N) is 2. The molecule has 0 aliphatic heterocycles. The second kappa shape index (κ2) is 5.78. The van der Waals surface area contributed by atoms with Crippen molar-refractivity contribution in [3.05, 3.63) is 11.9 Å². The van der Waals surface area contributed by atoms with Gasteiger partial charge in [-0.3, -0.25) is 0 Å². The van der Waals surface area contributed by atoms with Crippen LogP contribution in [-0.4, -0.2) is 44.8 Å². The number of nitrogens with one attached hydrogen (secondary N) is 3. The lowest BCUT2D eigenvalue weighted by Crippen LogP contribution is -2.27. The van der Waals surface area contributed by atoms with E-state index in [0.717, 1.165) is 12.1 Å². The normalized spacial score (nSPS) is 11.2. The van der Waals surface area contributed by atoms with Gasteiger partial charge in [-0.1, -0.05) is 0 Å². The van der Waals surface area contributed by atoms with E-state index in [2.05, 4.69) is 25.3 Å². The summed E-state index contributed by atoms with van der Waals surface area (Å²) in [6.07, 6.45) is 1.13. The number of hydrogen-bond acceptors (Lipinski definition) is 6. The van der Waals surface area contributed by atoms with Gasteiger partial charge in [-0.25, -0.2) is 23.1 Å². The molecule has 0 atom stereocenters. The fourth-order valence-electron chi connectivity index (χ4n) is 1.21. The van der Waals surface area contributed by atoms with Gasteiger partial charge in [-0.15, -0.1) is 0 Å². The van der Waals surface area contributed by atoms with Gasteiger partial charge in [0.2, 0.25) is 10.0 Å². The van der Waals surface area contributed by atoms with Crippen LogP contribution in [0.3, 0.4) is 0 Å². The zero-order valence-corrected chi connectivity index (χ0v) is 10.9. The van der Waals surface area contributed by atoms with Crippen LogP contribution in [0.4, 0.5) is 11.6 Å². The molecule has 1 heterocycles. The minimum atomic E-state index is -3.13. The number of hydrogen-bond donors (Lipinski definition) is 3. The first-order valence-electron chi connectivity index (χ1n) is 5.12. The molecule has 3 N–H and O–H groups in total. The maximum Gasteiger partial charge on any atom is 0.208 e. The minimum absolute atomic E-state index is 0.316. The molecule has 1 aromatic heterocycles. The molecule has 0 fully saturated rings. The Morgan fingerprint density at radius 3 is 2.47 bits per heavy atom. The summed E-state index contributed by atoms with van der Waals surface area (Å²) in [6, 6.07) is 1.76. The fraction of sp³-hybridized carbons (Fsp3) is 0.556. The molecule has 1 aromatic rings. The van der Waals surface area contributed by atoms with E-state index in [4.69, 9.17) is 0 Å². The zero-order chi connectivity index (χ0) is 12.9. The fourth-order valence-corrected chi connectivity index (χ4v) is 1.69. The highest BCUT2D eigenvalue weighted by atomic mass is 32.2. The van der Waals surface area contributed by atoms with Gasteiger partial charge in [-0.05, 0) is 6.92 Å². The molecule has 17 heavy (non-hydrogen) atoms. The molecule has 0 spiro atoms. The van der Waals surface area contributed by atoms with Crippen molar-refractivity contribution in [1.82, 2.24) is 14.7 Å².